The molecule has 1 aliphatic rings. The number of nitrogens with zero attached hydrogens (tertiary/aromatic N) is 6. The molecule has 1 atom stereocenters. The Morgan fingerprint density at radius 3 is 2.73 bits per heavy atom. The number of carbonyl (C=O) groups is 2. The normalized spacial score (nSPS) is 18.8. The highest BCUT2D eigenvalue weighted by Crippen LogP contribution is 2.30. The Morgan fingerprint density at radius 1 is 1.03 bits per heavy atom. The maximum atomic E-state index is 13.3. The number of para-hydroxylation sites is 1. The summed E-state index contributed by atoms with van der Waals surface area (Å²) in [6.45, 7) is 1.79. The zero-order valence-corrected chi connectivity index (χ0v) is 16.1. The van der Waals surface area contributed by atoms with Gasteiger partial charge in [0.25, 0.3) is 5.91 Å². The van der Waals surface area contributed by atoms with Crippen LogP contribution in [0.4, 0.5) is 4.79 Å². The molecule has 0 bridgehead atoms. The van der Waals surface area contributed by atoms with Gasteiger partial charge in [0, 0.05) is 5.39 Å². The van der Waals surface area contributed by atoms with Crippen LogP contribution in [0.2, 0.25) is 0 Å². The van der Waals surface area contributed by atoms with Crippen LogP contribution in [-0.4, -0.2) is 42.0 Å². The molecule has 1 saturated heterocycles. The molecule has 1 aliphatic heterocycles. The van der Waals surface area contributed by atoms with Crippen molar-refractivity contribution < 1.29 is 9.59 Å². The molecular formula is C21H17N7O2. The van der Waals surface area contributed by atoms with E-state index in [1.807, 2.05) is 42.5 Å². The monoisotopic (exact) mass is 399 g/mol. The van der Waals surface area contributed by atoms with E-state index < -0.39 is 11.6 Å². The predicted molar refractivity (Wildman–Crippen MR) is 107 cm³/mol. The van der Waals surface area contributed by atoms with Crippen molar-refractivity contribution in [3.05, 3.63) is 78.2 Å². The van der Waals surface area contributed by atoms with E-state index in [0.29, 0.717) is 16.9 Å². The fourth-order valence-corrected chi connectivity index (χ4v) is 3.63. The summed E-state index contributed by atoms with van der Waals surface area (Å²) < 4.78 is 1.49. The Kier molecular flexibility index (Phi) is 4.02. The topological polar surface area (TPSA) is 106 Å². The number of amides is 3. The lowest BCUT2D eigenvalue weighted by molar-refractivity contribution is -0.131. The van der Waals surface area contributed by atoms with Crippen molar-refractivity contribution >= 4 is 22.8 Å². The Balaban J connectivity index is 1.45. The van der Waals surface area contributed by atoms with Crippen LogP contribution in [0.25, 0.3) is 16.6 Å². The minimum Gasteiger partial charge on any atom is -0.319 e. The van der Waals surface area contributed by atoms with Crippen molar-refractivity contribution in [3.63, 3.8) is 0 Å². The number of rotatable bonds is 4. The molecular weight excluding hydrogens is 382 g/mol. The lowest BCUT2D eigenvalue weighted by atomic mass is 9.91. The fourth-order valence-electron chi connectivity index (χ4n) is 3.63. The summed E-state index contributed by atoms with van der Waals surface area (Å²) in [6.07, 6.45) is 1.47. The molecule has 0 aliphatic carbocycles. The van der Waals surface area contributed by atoms with E-state index in [2.05, 4.69) is 25.8 Å². The summed E-state index contributed by atoms with van der Waals surface area (Å²) in [4.78, 5) is 31.7. The third kappa shape index (κ3) is 2.87. The van der Waals surface area contributed by atoms with Gasteiger partial charge in [0.2, 0.25) is 0 Å². The van der Waals surface area contributed by atoms with Gasteiger partial charge in [0.05, 0.1) is 23.4 Å². The third-order valence-corrected chi connectivity index (χ3v) is 5.29. The van der Waals surface area contributed by atoms with Gasteiger partial charge < -0.3 is 5.32 Å². The van der Waals surface area contributed by atoms with Gasteiger partial charge in [-0.1, -0.05) is 36.4 Å². The maximum Gasteiger partial charge on any atom is 0.325 e. The molecule has 0 spiro atoms. The van der Waals surface area contributed by atoms with Crippen molar-refractivity contribution in [1.82, 2.24) is 35.4 Å². The van der Waals surface area contributed by atoms with Crippen molar-refractivity contribution in [2.24, 2.45) is 0 Å². The number of hydrogen-bond acceptors (Lipinski definition) is 6. The number of carbonyl (C=O) groups excluding carboxylic acids is 2. The van der Waals surface area contributed by atoms with E-state index in [4.69, 9.17) is 0 Å². The van der Waals surface area contributed by atoms with Crippen LogP contribution in [0, 0.1) is 0 Å². The first-order valence-corrected chi connectivity index (χ1v) is 9.37. The minimum absolute atomic E-state index is 0.0950. The number of hydrogen-bond donors (Lipinski definition) is 1. The standard InChI is InChI=1S/C21H17N7O2/c1-21(15-6-4-7-17(11-15)28-13-22-25-26-28)19(29)27(20(30)24-21)12-16-10-9-14-5-2-3-8-18(14)23-16/h2-11,13H,12H2,1H3,(H,24,30)/t21-/m1/s1. The quantitative estimate of drug-likeness (QED) is 0.527. The number of nitrogens with one attached hydrogen (secondary N) is 1. The van der Waals surface area contributed by atoms with Gasteiger partial charge in [-0.25, -0.2) is 9.48 Å². The molecule has 5 rings (SSSR count). The zero-order chi connectivity index (χ0) is 20.7. The highest BCUT2D eigenvalue weighted by molar-refractivity contribution is 6.07. The predicted octanol–water partition coefficient (Wildman–Crippen LogP) is 2.18. The first kappa shape index (κ1) is 17.9. The number of aromatic nitrogens is 5. The van der Waals surface area contributed by atoms with Crippen LogP contribution in [-0.2, 0) is 16.9 Å². The van der Waals surface area contributed by atoms with Crippen molar-refractivity contribution in [2.75, 3.05) is 0 Å². The van der Waals surface area contributed by atoms with Gasteiger partial charge in [-0.2, -0.15) is 0 Å². The van der Waals surface area contributed by atoms with E-state index in [-0.39, 0.29) is 12.5 Å². The molecule has 3 heterocycles. The molecule has 0 radical (unpaired) electrons. The summed E-state index contributed by atoms with van der Waals surface area (Å²) in [5, 5.41) is 15.0. The molecule has 148 valence electrons. The van der Waals surface area contributed by atoms with E-state index in [0.717, 1.165) is 10.9 Å². The number of pyridine rings is 1. The van der Waals surface area contributed by atoms with Gasteiger partial charge in [0.1, 0.15) is 11.9 Å². The average Bonchev–Trinajstić information content (AvgIpc) is 3.38. The third-order valence-electron chi connectivity index (χ3n) is 5.29. The second kappa shape index (κ2) is 6.73. The Hall–Kier alpha value is -4.14. The number of benzene rings is 2. The molecule has 0 unspecified atom stereocenters. The van der Waals surface area contributed by atoms with E-state index in [9.17, 15) is 9.59 Å². The summed E-state index contributed by atoms with van der Waals surface area (Å²) in [5.74, 6) is -0.337. The Morgan fingerprint density at radius 2 is 1.90 bits per heavy atom. The van der Waals surface area contributed by atoms with Gasteiger partial charge in [-0.3, -0.25) is 14.7 Å². The Bertz CT molecular complexity index is 1270. The molecule has 0 saturated carbocycles. The molecule has 1 N–H and O–H groups in total. The lowest BCUT2D eigenvalue weighted by Gasteiger charge is -2.22. The number of urea groups is 1. The second-order valence-electron chi connectivity index (χ2n) is 7.25. The molecule has 1 fully saturated rings. The molecule has 3 amide bonds. The van der Waals surface area contributed by atoms with Crippen LogP contribution in [0.15, 0.2) is 67.0 Å². The van der Waals surface area contributed by atoms with Crippen LogP contribution in [0.3, 0.4) is 0 Å². The second-order valence-corrected chi connectivity index (χ2v) is 7.25. The van der Waals surface area contributed by atoms with Crippen LogP contribution < -0.4 is 5.32 Å². The summed E-state index contributed by atoms with van der Waals surface area (Å²) >= 11 is 0. The summed E-state index contributed by atoms with van der Waals surface area (Å²) in [6, 6.07) is 18.2. The lowest BCUT2D eigenvalue weighted by Crippen LogP contribution is -2.40. The van der Waals surface area contributed by atoms with Gasteiger partial charge >= 0.3 is 6.03 Å². The highest BCUT2D eigenvalue weighted by atomic mass is 16.2. The highest BCUT2D eigenvalue weighted by Gasteiger charge is 2.49. The summed E-state index contributed by atoms with van der Waals surface area (Å²) in [7, 11) is 0. The molecule has 9 heteroatoms. The molecule has 30 heavy (non-hydrogen) atoms. The first-order chi connectivity index (χ1) is 14.5. The van der Waals surface area contributed by atoms with Crippen molar-refractivity contribution in [1.29, 1.82) is 0 Å². The van der Waals surface area contributed by atoms with E-state index in [1.54, 1.807) is 25.1 Å². The number of tetrazole rings is 1. The SMILES string of the molecule is C[C@]1(c2cccc(-n3cnnn3)c2)NC(=O)N(Cc2ccc3ccccc3n2)C1=O. The van der Waals surface area contributed by atoms with E-state index in [1.165, 1.54) is 15.9 Å². The van der Waals surface area contributed by atoms with E-state index >= 15 is 0 Å². The average molecular weight is 399 g/mol. The maximum absolute atomic E-state index is 13.3. The minimum atomic E-state index is -1.20. The first-order valence-electron chi connectivity index (χ1n) is 9.37. The van der Waals surface area contributed by atoms with Crippen molar-refractivity contribution in [2.45, 2.75) is 19.0 Å². The van der Waals surface area contributed by atoms with Gasteiger partial charge in [0.15, 0.2) is 0 Å². The summed E-state index contributed by atoms with van der Waals surface area (Å²) in [5.41, 5.74) is 1.60. The molecule has 9 nitrogen and oxygen atoms in total. The Labute approximate surface area is 171 Å². The number of fused-ring (bicyclic) bond motifs is 1. The van der Waals surface area contributed by atoms with Crippen molar-refractivity contribution in [3.8, 4) is 5.69 Å². The molecule has 2 aromatic heterocycles. The largest absolute Gasteiger partial charge is 0.325 e. The molecule has 2 aromatic carbocycles. The van der Waals surface area contributed by atoms with Gasteiger partial charge in [-0.15, -0.1) is 5.10 Å². The number of imide groups is 1. The fraction of sp³-hybridized carbons (Fsp3) is 0.143. The van der Waals surface area contributed by atoms with Crippen LogP contribution in [0.1, 0.15) is 18.2 Å². The van der Waals surface area contributed by atoms with Crippen LogP contribution in [0.5, 0.6) is 0 Å². The van der Waals surface area contributed by atoms with Gasteiger partial charge in [-0.05, 0) is 47.2 Å². The smallest absolute Gasteiger partial charge is 0.319 e. The molecule has 4 aromatic rings. The zero-order valence-electron chi connectivity index (χ0n) is 16.1. The van der Waals surface area contributed by atoms with Crippen LogP contribution >= 0.6 is 0 Å².